The third-order valence-corrected chi connectivity index (χ3v) is 3.41. The van der Waals surface area contributed by atoms with E-state index in [1.54, 1.807) is 27.7 Å². The topological polar surface area (TPSA) is 108 Å². The van der Waals surface area contributed by atoms with Gasteiger partial charge in [-0.2, -0.15) is 0 Å². The van der Waals surface area contributed by atoms with E-state index in [-0.39, 0.29) is 13.0 Å². The van der Waals surface area contributed by atoms with Crippen LogP contribution in [0.2, 0.25) is 0 Å². The van der Waals surface area contributed by atoms with Crippen LogP contribution in [0.15, 0.2) is 0 Å². The number of alkyl carbamates (subject to hydrolysis) is 1. The van der Waals surface area contributed by atoms with Gasteiger partial charge in [0.2, 0.25) is 6.54 Å². The summed E-state index contributed by atoms with van der Waals surface area (Å²) < 4.78 is 10.0. The number of hydrogen-bond donors (Lipinski definition) is 1. The maximum atomic E-state index is 11.9. The molecule has 1 unspecified atom stereocenters. The number of carbonyl (C=O) groups excluding carboxylic acids is 2. The molecular formula is C14H24N2O6. The Morgan fingerprint density at radius 2 is 1.95 bits per heavy atom. The summed E-state index contributed by atoms with van der Waals surface area (Å²) in [4.78, 5) is 33.9. The number of esters is 1. The highest BCUT2D eigenvalue weighted by Crippen LogP contribution is 2.44. The fraction of sp³-hybridized carbons (Fsp3) is 0.857. The Bertz CT molecular complexity index is 439. The van der Waals surface area contributed by atoms with Crippen LogP contribution < -0.4 is 5.32 Å². The van der Waals surface area contributed by atoms with Gasteiger partial charge in [-0.05, 0) is 40.5 Å². The van der Waals surface area contributed by atoms with Crippen molar-refractivity contribution in [2.24, 2.45) is 5.92 Å². The van der Waals surface area contributed by atoms with Crippen molar-refractivity contribution in [2.75, 3.05) is 13.2 Å². The summed E-state index contributed by atoms with van der Waals surface area (Å²) in [5.41, 5.74) is -1.40. The smallest absolute Gasteiger partial charge is 0.408 e. The molecule has 0 aromatic carbocycles. The largest absolute Gasteiger partial charge is 0.466 e. The van der Waals surface area contributed by atoms with E-state index >= 15 is 0 Å². The quantitative estimate of drug-likeness (QED) is 0.436. The SMILES string of the molecule is CCOC(=O)CC(C[N+](=O)[O-])C1(NC(=O)OC(C)(C)C)CC1. The van der Waals surface area contributed by atoms with Crippen LogP contribution in [0.4, 0.5) is 4.79 Å². The first-order valence-electron chi connectivity index (χ1n) is 7.36. The molecule has 0 spiro atoms. The van der Waals surface area contributed by atoms with Gasteiger partial charge in [0.15, 0.2) is 0 Å². The van der Waals surface area contributed by atoms with Gasteiger partial charge < -0.3 is 14.8 Å². The Balaban J connectivity index is 2.73. The summed E-state index contributed by atoms with van der Waals surface area (Å²) in [6, 6.07) is 0. The van der Waals surface area contributed by atoms with Gasteiger partial charge in [-0.25, -0.2) is 4.79 Å². The van der Waals surface area contributed by atoms with E-state index in [0.29, 0.717) is 12.8 Å². The minimum atomic E-state index is -0.748. The number of amides is 1. The molecule has 0 bridgehead atoms. The molecular weight excluding hydrogens is 292 g/mol. The van der Waals surface area contributed by atoms with Crippen molar-refractivity contribution in [1.29, 1.82) is 0 Å². The van der Waals surface area contributed by atoms with Gasteiger partial charge in [0.05, 0.1) is 24.5 Å². The van der Waals surface area contributed by atoms with E-state index in [9.17, 15) is 19.7 Å². The van der Waals surface area contributed by atoms with Gasteiger partial charge in [0, 0.05) is 4.92 Å². The molecule has 126 valence electrons. The standard InChI is InChI=1S/C14H24N2O6/c1-5-21-11(17)8-10(9-16(19)20)14(6-7-14)15-12(18)22-13(2,3)4/h10H,5-9H2,1-4H3,(H,15,18). The van der Waals surface area contributed by atoms with Crippen molar-refractivity contribution in [3.8, 4) is 0 Å². The molecule has 0 heterocycles. The minimum absolute atomic E-state index is 0.0926. The van der Waals surface area contributed by atoms with Crippen LogP contribution in [0.3, 0.4) is 0 Å². The Hall–Kier alpha value is -1.86. The number of rotatable bonds is 7. The summed E-state index contributed by atoms with van der Waals surface area (Å²) in [7, 11) is 0. The fourth-order valence-corrected chi connectivity index (χ4v) is 2.31. The highest BCUT2D eigenvalue weighted by Gasteiger charge is 2.53. The van der Waals surface area contributed by atoms with Crippen molar-refractivity contribution in [2.45, 2.75) is 58.1 Å². The van der Waals surface area contributed by atoms with Crippen molar-refractivity contribution in [3.63, 3.8) is 0 Å². The first-order valence-corrected chi connectivity index (χ1v) is 7.36. The molecule has 1 aliphatic rings. The molecule has 1 rings (SSSR count). The van der Waals surface area contributed by atoms with Gasteiger partial charge in [-0.15, -0.1) is 0 Å². The van der Waals surface area contributed by atoms with Crippen molar-refractivity contribution < 1.29 is 24.0 Å². The molecule has 0 aromatic heterocycles. The van der Waals surface area contributed by atoms with Gasteiger partial charge in [-0.3, -0.25) is 14.9 Å². The van der Waals surface area contributed by atoms with E-state index in [2.05, 4.69) is 5.32 Å². The second-order valence-corrected chi connectivity index (χ2v) is 6.50. The number of ether oxygens (including phenoxy) is 2. The second-order valence-electron chi connectivity index (χ2n) is 6.50. The van der Waals surface area contributed by atoms with Crippen LogP contribution in [0, 0.1) is 16.0 Å². The summed E-state index contributed by atoms with van der Waals surface area (Å²) in [6.45, 7) is 6.70. The molecule has 0 aliphatic heterocycles. The number of carbonyl (C=O) groups is 2. The monoisotopic (exact) mass is 316 g/mol. The normalized spacial score (nSPS) is 17.3. The van der Waals surface area contributed by atoms with Gasteiger partial charge in [0.1, 0.15) is 5.60 Å². The van der Waals surface area contributed by atoms with Gasteiger partial charge in [-0.1, -0.05) is 0 Å². The lowest BCUT2D eigenvalue weighted by atomic mass is 9.93. The lowest BCUT2D eigenvalue weighted by Gasteiger charge is -2.27. The highest BCUT2D eigenvalue weighted by molar-refractivity contribution is 5.72. The molecule has 1 atom stereocenters. The molecule has 22 heavy (non-hydrogen) atoms. The summed E-state index contributed by atoms with van der Waals surface area (Å²) in [5, 5.41) is 13.6. The zero-order valence-corrected chi connectivity index (χ0v) is 13.5. The second kappa shape index (κ2) is 6.93. The number of nitrogens with zero attached hydrogens (tertiary/aromatic N) is 1. The predicted octanol–water partition coefficient (Wildman–Crippen LogP) is 1.89. The summed E-state index contributed by atoms with van der Waals surface area (Å²) in [6.07, 6.45) is 0.459. The molecule has 8 nitrogen and oxygen atoms in total. The molecule has 0 aromatic rings. The van der Waals surface area contributed by atoms with Gasteiger partial charge in [0.25, 0.3) is 0 Å². The van der Waals surface area contributed by atoms with Crippen molar-refractivity contribution >= 4 is 12.1 Å². The average molecular weight is 316 g/mol. The predicted molar refractivity (Wildman–Crippen MR) is 77.9 cm³/mol. The molecule has 1 N–H and O–H groups in total. The highest BCUT2D eigenvalue weighted by atomic mass is 16.6. The van der Waals surface area contributed by atoms with E-state index in [0.717, 1.165) is 0 Å². The van der Waals surface area contributed by atoms with Crippen LogP contribution in [0.5, 0.6) is 0 Å². The molecule has 0 saturated heterocycles. The van der Waals surface area contributed by atoms with Crippen molar-refractivity contribution in [3.05, 3.63) is 10.1 Å². The summed E-state index contributed by atoms with van der Waals surface area (Å²) in [5.74, 6) is -1.10. The van der Waals surface area contributed by atoms with Crippen LogP contribution >= 0.6 is 0 Å². The first-order chi connectivity index (χ1) is 10.1. The molecule has 1 saturated carbocycles. The molecule has 1 aliphatic carbocycles. The summed E-state index contributed by atoms with van der Waals surface area (Å²) >= 11 is 0. The molecule has 1 fully saturated rings. The van der Waals surface area contributed by atoms with Crippen LogP contribution in [-0.2, 0) is 14.3 Å². The van der Waals surface area contributed by atoms with Gasteiger partial charge >= 0.3 is 12.1 Å². The first kappa shape index (κ1) is 18.2. The zero-order chi connectivity index (χ0) is 17.0. The Kier molecular flexibility index (Phi) is 5.73. The number of nitro groups is 1. The van der Waals surface area contributed by atoms with E-state index in [1.165, 1.54) is 0 Å². The van der Waals surface area contributed by atoms with Crippen LogP contribution in [0.1, 0.15) is 47.0 Å². The maximum Gasteiger partial charge on any atom is 0.408 e. The van der Waals surface area contributed by atoms with Crippen LogP contribution in [0.25, 0.3) is 0 Å². The molecule has 0 radical (unpaired) electrons. The third kappa shape index (κ3) is 5.87. The van der Waals surface area contributed by atoms with E-state index < -0.39 is 40.6 Å². The Morgan fingerprint density at radius 3 is 2.36 bits per heavy atom. The van der Waals surface area contributed by atoms with E-state index in [4.69, 9.17) is 9.47 Å². The number of hydrogen-bond acceptors (Lipinski definition) is 6. The van der Waals surface area contributed by atoms with Crippen LogP contribution in [-0.4, -0.2) is 41.3 Å². The average Bonchev–Trinajstić information content (AvgIpc) is 3.06. The number of nitrogens with one attached hydrogen (secondary N) is 1. The third-order valence-electron chi connectivity index (χ3n) is 3.41. The molecule has 1 amide bonds. The zero-order valence-electron chi connectivity index (χ0n) is 13.5. The van der Waals surface area contributed by atoms with E-state index in [1.807, 2.05) is 0 Å². The lowest BCUT2D eigenvalue weighted by Crippen LogP contribution is -2.47. The Morgan fingerprint density at radius 1 is 1.36 bits per heavy atom. The maximum absolute atomic E-state index is 11.9. The lowest BCUT2D eigenvalue weighted by molar-refractivity contribution is -0.489. The minimum Gasteiger partial charge on any atom is -0.466 e. The van der Waals surface area contributed by atoms with Crippen molar-refractivity contribution in [1.82, 2.24) is 5.32 Å². The molecule has 8 heteroatoms. The Labute approximate surface area is 129 Å². The fourth-order valence-electron chi connectivity index (χ4n) is 2.31.